The average Bonchev–Trinajstić information content (AvgIpc) is 1.97. The monoisotopic (exact) mass is 271 g/mol. The molecular weight excluding hydrogens is 257 g/mol. The second kappa shape index (κ2) is 6.84. The minimum atomic E-state index is -0.763. The van der Waals surface area contributed by atoms with Crippen LogP contribution < -0.4 is 5.73 Å². The van der Waals surface area contributed by atoms with Crippen LogP contribution in [0.5, 0.6) is 0 Å². The largest absolute Gasteiger partial charge is 0.481 e. The van der Waals surface area contributed by atoms with Crippen LogP contribution in [-0.2, 0) is 4.79 Å². The molecule has 0 saturated carbocycles. The predicted molar refractivity (Wildman–Crippen MR) is 52.9 cm³/mol. The van der Waals surface area contributed by atoms with Crippen LogP contribution in [0.2, 0.25) is 0 Å². The first-order chi connectivity index (χ1) is 5.22. The highest BCUT2D eigenvalue weighted by molar-refractivity contribution is 14.1. The standard InChI is InChI=1S/C7H14INO2/c8-4-2-1-3-6(5-9)7(10)11/h6H,1-5,9H2,(H,10,11)/t6-/m1/s1. The number of halogens is 1. The third-order valence-electron chi connectivity index (χ3n) is 1.57. The summed E-state index contributed by atoms with van der Waals surface area (Å²) in [6.45, 7) is 0.260. The normalized spacial score (nSPS) is 12.9. The molecule has 0 saturated heterocycles. The summed E-state index contributed by atoms with van der Waals surface area (Å²) in [4.78, 5) is 10.4. The Morgan fingerprint density at radius 3 is 2.55 bits per heavy atom. The van der Waals surface area contributed by atoms with Gasteiger partial charge in [0, 0.05) is 6.54 Å². The Morgan fingerprint density at radius 1 is 1.55 bits per heavy atom. The van der Waals surface area contributed by atoms with E-state index < -0.39 is 5.97 Å². The van der Waals surface area contributed by atoms with E-state index in [0.29, 0.717) is 0 Å². The van der Waals surface area contributed by atoms with Gasteiger partial charge >= 0.3 is 5.97 Å². The second-order valence-electron chi connectivity index (χ2n) is 2.46. The first-order valence-electron chi connectivity index (χ1n) is 3.71. The zero-order valence-corrected chi connectivity index (χ0v) is 8.58. The number of carboxylic acids is 1. The maximum absolute atomic E-state index is 10.4. The summed E-state index contributed by atoms with van der Waals surface area (Å²) in [5, 5.41) is 8.59. The Kier molecular flexibility index (Phi) is 6.94. The lowest BCUT2D eigenvalue weighted by molar-refractivity contribution is -0.141. The van der Waals surface area contributed by atoms with Gasteiger partial charge in [-0.2, -0.15) is 0 Å². The van der Waals surface area contributed by atoms with Crippen LogP contribution in [0.25, 0.3) is 0 Å². The molecule has 0 radical (unpaired) electrons. The van der Waals surface area contributed by atoms with Crippen LogP contribution in [0, 0.1) is 5.92 Å². The summed E-state index contributed by atoms with van der Waals surface area (Å²) in [6, 6.07) is 0. The van der Waals surface area contributed by atoms with E-state index in [4.69, 9.17) is 10.8 Å². The van der Waals surface area contributed by atoms with Gasteiger partial charge in [0.15, 0.2) is 0 Å². The molecule has 3 N–H and O–H groups in total. The van der Waals surface area contributed by atoms with Crippen LogP contribution in [0.3, 0.4) is 0 Å². The number of carbonyl (C=O) groups is 1. The van der Waals surface area contributed by atoms with Gasteiger partial charge in [0.25, 0.3) is 0 Å². The van der Waals surface area contributed by atoms with Crippen molar-refractivity contribution in [1.82, 2.24) is 0 Å². The fraction of sp³-hybridized carbons (Fsp3) is 0.857. The molecule has 1 atom stereocenters. The van der Waals surface area contributed by atoms with Crippen molar-refractivity contribution in [3.05, 3.63) is 0 Å². The Morgan fingerprint density at radius 2 is 2.18 bits per heavy atom. The van der Waals surface area contributed by atoms with Crippen molar-refractivity contribution in [3.8, 4) is 0 Å². The van der Waals surface area contributed by atoms with Gasteiger partial charge in [-0.25, -0.2) is 0 Å². The molecule has 0 spiro atoms. The Balaban J connectivity index is 3.44. The zero-order chi connectivity index (χ0) is 8.69. The molecule has 0 aliphatic heterocycles. The Bertz CT molecular complexity index is 119. The molecule has 0 unspecified atom stereocenters. The fourth-order valence-electron chi connectivity index (χ4n) is 0.827. The molecule has 3 nitrogen and oxygen atoms in total. The number of nitrogens with two attached hydrogens (primary N) is 1. The van der Waals surface area contributed by atoms with Crippen molar-refractivity contribution < 1.29 is 9.90 Å². The fourth-order valence-corrected chi connectivity index (χ4v) is 1.37. The van der Waals surface area contributed by atoms with E-state index in [9.17, 15) is 4.79 Å². The Hall–Kier alpha value is 0.160. The average molecular weight is 271 g/mol. The van der Waals surface area contributed by atoms with Gasteiger partial charge in [-0.05, 0) is 17.3 Å². The Labute approximate surface area is 80.5 Å². The van der Waals surface area contributed by atoms with E-state index in [1.807, 2.05) is 0 Å². The highest BCUT2D eigenvalue weighted by atomic mass is 127. The van der Waals surface area contributed by atoms with Crippen LogP contribution in [0.4, 0.5) is 0 Å². The van der Waals surface area contributed by atoms with Crippen LogP contribution in [0.1, 0.15) is 19.3 Å². The lowest BCUT2D eigenvalue weighted by atomic mass is 10.0. The third-order valence-corrected chi connectivity index (χ3v) is 2.33. The molecule has 0 aromatic heterocycles. The van der Waals surface area contributed by atoms with Crippen molar-refractivity contribution in [3.63, 3.8) is 0 Å². The van der Waals surface area contributed by atoms with Gasteiger partial charge in [0.05, 0.1) is 5.92 Å². The highest BCUT2D eigenvalue weighted by Crippen LogP contribution is 2.08. The maximum atomic E-state index is 10.4. The van der Waals surface area contributed by atoms with Gasteiger partial charge in [0.1, 0.15) is 0 Å². The number of rotatable bonds is 6. The molecule has 0 aliphatic carbocycles. The topological polar surface area (TPSA) is 63.3 Å². The first-order valence-corrected chi connectivity index (χ1v) is 5.23. The number of carboxylic acid groups (broad SMARTS) is 1. The smallest absolute Gasteiger partial charge is 0.307 e. The molecule has 0 aromatic carbocycles. The molecule has 0 aliphatic rings. The number of unbranched alkanes of at least 4 members (excludes halogenated alkanes) is 1. The van der Waals surface area contributed by atoms with E-state index in [0.717, 1.165) is 23.7 Å². The summed E-state index contributed by atoms with van der Waals surface area (Å²) in [5.74, 6) is -1.10. The van der Waals surface area contributed by atoms with E-state index in [1.165, 1.54) is 0 Å². The SMILES string of the molecule is NC[C@@H](CCCCI)C(=O)O. The van der Waals surface area contributed by atoms with Gasteiger partial charge in [0.2, 0.25) is 0 Å². The highest BCUT2D eigenvalue weighted by Gasteiger charge is 2.13. The van der Waals surface area contributed by atoms with E-state index in [-0.39, 0.29) is 12.5 Å². The van der Waals surface area contributed by atoms with Crippen molar-refractivity contribution >= 4 is 28.6 Å². The predicted octanol–water partition coefficient (Wildman–Crippen LogP) is 1.25. The molecular formula is C7H14INO2. The summed E-state index contributed by atoms with van der Waals surface area (Å²) >= 11 is 2.28. The summed E-state index contributed by atoms with van der Waals surface area (Å²) in [7, 11) is 0. The molecule has 66 valence electrons. The van der Waals surface area contributed by atoms with E-state index >= 15 is 0 Å². The van der Waals surface area contributed by atoms with Gasteiger partial charge in [-0.15, -0.1) is 0 Å². The molecule has 0 aromatic rings. The number of alkyl halides is 1. The maximum Gasteiger partial charge on any atom is 0.307 e. The lowest BCUT2D eigenvalue weighted by Gasteiger charge is -2.07. The molecule has 0 heterocycles. The summed E-state index contributed by atoms with van der Waals surface area (Å²) in [6.07, 6.45) is 2.77. The number of hydrogen-bond donors (Lipinski definition) is 2. The van der Waals surface area contributed by atoms with Gasteiger partial charge < -0.3 is 10.8 Å². The number of aliphatic carboxylic acids is 1. The lowest BCUT2D eigenvalue weighted by Crippen LogP contribution is -2.23. The van der Waals surface area contributed by atoms with Crippen molar-refractivity contribution in [2.45, 2.75) is 19.3 Å². The zero-order valence-electron chi connectivity index (χ0n) is 6.42. The molecule has 0 amide bonds. The van der Waals surface area contributed by atoms with Crippen molar-refractivity contribution in [2.75, 3.05) is 11.0 Å². The van der Waals surface area contributed by atoms with Crippen LogP contribution in [0.15, 0.2) is 0 Å². The van der Waals surface area contributed by atoms with E-state index in [1.54, 1.807) is 0 Å². The van der Waals surface area contributed by atoms with Crippen molar-refractivity contribution in [1.29, 1.82) is 0 Å². The van der Waals surface area contributed by atoms with E-state index in [2.05, 4.69) is 22.6 Å². The van der Waals surface area contributed by atoms with Gasteiger partial charge in [-0.1, -0.05) is 29.0 Å². The van der Waals surface area contributed by atoms with Crippen molar-refractivity contribution in [2.24, 2.45) is 11.7 Å². The molecule has 4 heteroatoms. The van der Waals surface area contributed by atoms with Gasteiger partial charge in [-0.3, -0.25) is 4.79 Å². The third kappa shape index (κ3) is 5.43. The molecule has 0 fully saturated rings. The summed E-state index contributed by atoms with van der Waals surface area (Å²) < 4.78 is 1.09. The minimum absolute atomic E-state index is 0.260. The molecule has 0 bridgehead atoms. The minimum Gasteiger partial charge on any atom is -0.481 e. The van der Waals surface area contributed by atoms with Crippen LogP contribution >= 0.6 is 22.6 Å². The first kappa shape index (κ1) is 11.2. The molecule has 0 rings (SSSR count). The quantitative estimate of drug-likeness (QED) is 0.434. The summed E-state index contributed by atoms with van der Waals surface area (Å²) in [5.41, 5.74) is 5.27. The van der Waals surface area contributed by atoms with Crippen LogP contribution in [-0.4, -0.2) is 22.0 Å². The number of hydrogen-bond acceptors (Lipinski definition) is 2. The molecule has 11 heavy (non-hydrogen) atoms. The second-order valence-corrected chi connectivity index (χ2v) is 3.53.